The van der Waals surface area contributed by atoms with Crippen molar-refractivity contribution in [1.82, 2.24) is 15.1 Å². The van der Waals surface area contributed by atoms with Crippen LogP contribution in [0.5, 0.6) is 0 Å². The van der Waals surface area contributed by atoms with Gasteiger partial charge in [-0.2, -0.15) is 0 Å². The van der Waals surface area contributed by atoms with E-state index in [0.29, 0.717) is 25.6 Å². The number of urea groups is 1. The first-order chi connectivity index (χ1) is 9.85. The monoisotopic (exact) mass is 334 g/mol. The number of carbonyl (C=O) groups excluding carboxylic acids is 2. The van der Waals surface area contributed by atoms with E-state index in [4.69, 9.17) is 5.73 Å². The minimum Gasteiger partial charge on any atom is -0.352 e. The molecule has 22 heavy (non-hydrogen) atoms. The number of hydrogen-bond donors (Lipinski definition) is 2. The normalized spacial score (nSPS) is 16.9. The molecule has 1 fully saturated rings. The van der Waals surface area contributed by atoms with Gasteiger partial charge in [0.2, 0.25) is 5.91 Å². The van der Waals surface area contributed by atoms with Crippen LogP contribution in [0, 0.1) is 11.8 Å². The van der Waals surface area contributed by atoms with E-state index in [2.05, 4.69) is 19.2 Å². The molecule has 0 spiro atoms. The van der Waals surface area contributed by atoms with Crippen molar-refractivity contribution in [2.75, 3.05) is 33.7 Å². The highest BCUT2D eigenvalue weighted by Gasteiger charge is 2.28. The standard InChI is InChI=1S/C15H30N4O2.ClH/c1-11(2)9-13(10-16)17-14(20)12-5-7-19(8-6-12)15(21)18(3)4;/h11-13H,5-10,16H2,1-4H3,(H,17,20);1H. The van der Waals surface area contributed by atoms with Crippen LogP contribution in [0.4, 0.5) is 4.79 Å². The van der Waals surface area contributed by atoms with Gasteiger partial charge in [-0.25, -0.2) is 4.79 Å². The van der Waals surface area contributed by atoms with Gasteiger partial charge >= 0.3 is 6.03 Å². The average Bonchev–Trinajstić information content (AvgIpc) is 2.45. The van der Waals surface area contributed by atoms with Gasteiger partial charge in [-0.15, -0.1) is 12.4 Å². The van der Waals surface area contributed by atoms with Crippen molar-refractivity contribution in [3.63, 3.8) is 0 Å². The lowest BCUT2D eigenvalue weighted by molar-refractivity contribution is -0.127. The van der Waals surface area contributed by atoms with Gasteiger partial charge < -0.3 is 20.9 Å². The third-order valence-electron chi connectivity index (χ3n) is 3.91. The lowest BCUT2D eigenvalue weighted by atomic mass is 9.95. The molecular weight excluding hydrogens is 304 g/mol. The molecule has 130 valence electrons. The minimum atomic E-state index is -0.00238. The predicted octanol–water partition coefficient (Wildman–Crippen LogP) is 1.29. The molecule has 0 saturated carbocycles. The number of likely N-dealkylation sites (tertiary alicyclic amines) is 1. The highest BCUT2D eigenvalue weighted by atomic mass is 35.5. The number of nitrogens with zero attached hydrogens (tertiary/aromatic N) is 2. The molecule has 6 nitrogen and oxygen atoms in total. The van der Waals surface area contributed by atoms with Crippen LogP contribution in [0.25, 0.3) is 0 Å². The Morgan fingerprint density at radius 2 is 1.82 bits per heavy atom. The molecule has 0 aromatic rings. The third kappa shape index (κ3) is 6.40. The van der Waals surface area contributed by atoms with Crippen molar-refractivity contribution in [2.24, 2.45) is 17.6 Å². The SMILES string of the molecule is CC(C)CC(CN)NC(=O)C1CCN(C(=O)N(C)C)CC1.Cl. The quantitative estimate of drug-likeness (QED) is 0.795. The van der Waals surface area contributed by atoms with Crippen molar-refractivity contribution in [3.05, 3.63) is 0 Å². The lowest BCUT2D eigenvalue weighted by Crippen LogP contribution is -2.49. The first kappa shape index (κ1) is 21.0. The lowest BCUT2D eigenvalue weighted by Gasteiger charge is -2.33. The van der Waals surface area contributed by atoms with Crippen LogP contribution in [0.1, 0.15) is 33.1 Å². The molecule has 3 amide bonds. The maximum atomic E-state index is 12.3. The average molecular weight is 335 g/mol. The third-order valence-corrected chi connectivity index (χ3v) is 3.91. The molecule has 3 N–H and O–H groups in total. The van der Waals surface area contributed by atoms with Crippen LogP contribution in [0.2, 0.25) is 0 Å². The fourth-order valence-electron chi connectivity index (χ4n) is 2.72. The van der Waals surface area contributed by atoms with Crippen LogP contribution in [-0.2, 0) is 4.79 Å². The summed E-state index contributed by atoms with van der Waals surface area (Å²) in [5.74, 6) is 0.596. The number of amides is 3. The van der Waals surface area contributed by atoms with Crippen LogP contribution in [-0.4, -0.2) is 61.5 Å². The number of piperidine rings is 1. The zero-order valence-electron chi connectivity index (χ0n) is 14.2. The summed E-state index contributed by atoms with van der Waals surface area (Å²) >= 11 is 0. The molecule has 1 atom stereocenters. The van der Waals surface area contributed by atoms with Crippen molar-refractivity contribution in [2.45, 2.75) is 39.2 Å². The van der Waals surface area contributed by atoms with Crippen molar-refractivity contribution < 1.29 is 9.59 Å². The van der Waals surface area contributed by atoms with Crippen molar-refractivity contribution in [3.8, 4) is 0 Å². The fourth-order valence-corrected chi connectivity index (χ4v) is 2.72. The predicted molar refractivity (Wildman–Crippen MR) is 91.1 cm³/mol. The van der Waals surface area contributed by atoms with Crippen LogP contribution < -0.4 is 11.1 Å². The Labute approximate surface area is 140 Å². The van der Waals surface area contributed by atoms with E-state index < -0.39 is 0 Å². The molecule has 1 aliphatic rings. The second kappa shape index (κ2) is 9.90. The molecule has 1 heterocycles. The number of nitrogens with one attached hydrogen (secondary N) is 1. The van der Waals surface area contributed by atoms with Gasteiger partial charge in [-0.3, -0.25) is 4.79 Å². The smallest absolute Gasteiger partial charge is 0.319 e. The van der Waals surface area contributed by atoms with E-state index in [-0.39, 0.29) is 36.3 Å². The van der Waals surface area contributed by atoms with Gasteiger partial charge in [0.1, 0.15) is 0 Å². The van der Waals surface area contributed by atoms with E-state index in [1.54, 1.807) is 23.9 Å². The van der Waals surface area contributed by atoms with E-state index >= 15 is 0 Å². The number of nitrogens with two attached hydrogens (primary N) is 1. The fraction of sp³-hybridized carbons (Fsp3) is 0.867. The highest BCUT2D eigenvalue weighted by molar-refractivity contribution is 5.85. The van der Waals surface area contributed by atoms with Crippen molar-refractivity contribution >= 4 is 24.3 Å². The molecule has 0 aromatic carbocycles. The number of hydrogen-bond acceptors (Lipinski definition) is 3. The van der Waals surface area contributed by atoms with E-state index in [0.717, 1.165) is 19.3 Å². The topological polar surface area (TPSA) is 78.7 Å². The summed E-state index contributed by atoms with van der Waals surface area (Å²) in [6, 6.07) is 0.0763. The molecule has 1 saturated heterocycles. The summed E-state index contributed by atoms with van der Waals surface area (Å²) in [4.78, 5) is 27.5. The first-order valence-electron chi connectivity index (χ1n) is 7.81. The Balaban J connectivity index is 0.00000441. The number of carbonyl (C=O) groups is 2. The van der Waals surface area contributed by atoms with E-state index in [1.807, 2.05) is 0 Å². The number of halogens is 1. The van der Waals surface area contributed by atoms with E-state index in [1.165, 1.54) is 0 Å². The molecule has 0 aromatic heterocycles. The van der Waals surface area contributed by atoms with Gasteiger partial charge in [0, 0.05) is 45.7 Å². The molecule has 1 aliphatic heterocycles. The van der Waals surface area contributed by atoms with Crippen molar-refractivity contribution in [1.29, 1.82) is 0 Å². The molecule has 0 radical (unpaired) electrons. The van der Waals surface area contributed by atoms with Crippen LogP contribution in [0.3, 0.4) is 0 Å². The highest BCUT2D eigenvalue weighted by Crippen LogP contribution is 2.18. The molecule has 7 heteroatoms. The molecule has 0 aliphatic carbocycles. The summed E-state index contributed by atoms with van der Waals surface area (Å²) in [6.07, 6.45) is 2.36. The van der Waals surface area contributed by atoms with Crippen LogP contribution in [0.15, 0.2) is 0 Å². The second-order valence-corrected chi connectivity index (χ2v) is 6.51. The van der Waals surface area contributed by atoms with Gasteiger partial charge in [0.15, 0.2) is 0 Å². The Kier molecular flexibility index (Phi) is 9.44. The molecule has 1 unspecified atom stereocenters. The Morgan fingerprint density at radius 1 is 1.27 bits per heavy atom. The zero-order chi connectivity index (χ0) is 16.0. The zero-order valence-corrected chi connectivity index (χ0v) is 15.0. The Hall–Kier alpha value is -1.01. The summed E-state index contributed by atoms with van der Waals surface area (Å²) in [6.45, 7) is 6.02. The summed E-state index contributed by atoms with van der Waals surface area (Å²) in [5, 5.41) is 3.06. The molecule has 0 bridgehead atoms. The Bertz CT molecular complexity index is 355. The summed E-state index contributed by atoms with van der Waals surface area (Å²) < 4.78 is 0. The van der Waals surface area contributed by atoms with Gasteiger partial charge in [0.25, 0.3) is 0 Å². The molecule has 1 rings (SSSR count). The van der Waals surface area contributed by atoms with E-state index in [9.17, 15) is 9.59 Å². The molecular formula is C15H31ClN4O2. The second-order valence-electron chi connectivity index (χ2n) is 6.51. The largest absolute Gasteiger partial charge is 0.352 e. The van der Waals surface area contributed by atoms with Gasteiger partial charge in [-0.05, 0) is 25.2 Å². The maximum Gasteiger partial charge on any atom is 0.319 e. The number of rotatable bonds is 5. The maximum absolute atomic E-state index is 12.3. The summed E-state index contributed by atoms with van der Waals surface area (Å²) in [7, 11) is 3.50. The Morgan fingerprint density at radius 3 is 2.23 bits per heavy atom. The van der Waals surface area contributed by atoms with Gasteiger partial charge in [-0.1, -0.05) is 13.8 Å². The van der Waals surface area contributed by atoms with Crippen LogP contribution >= 0.6 is 12.4 Å². The van der Waals surface area contributed by atoms with Gasteiger partial charge in [0.05, 0.1) is 0 Å². The first-order valence-corrected chi connectivity index (χ1v) is 7.81. The minimum absolute atomic E-state index is 0. The summed E-state index contributed by atoms with van der Waals surface area (Å²) in [5.41, 5.74) is 5.72.